The molecule has 0 fully saturated rings. The number of hydrogen-bond donors (Lipinski definition) is 2. The summed E-state index contributed by atoms with van der Waals surface area (Å²) in [4.78, 5) is 31.3. The number of carbonyl (C=O) groups excluding carboxylic acids is 2. The van der Waals surface area contributed by atoms with Crippen molar-refractivity contribution in [2.75, 3.05) is 11.4 Å². The molecule has 160 valence electrons. The van der Waals surface area contributed by atoms with Crippen LogP contribution in [0.4, 0.5) is 5.69 Å². The zero-order valence-electron chi connectivity index (χ0n) is 17.8. The Morgan fingerprint density at radius 2 is 1.81 bits per heavy atom. The van der Waals surface area contributed by atoms with Gasteiger partial charge < -0.3 is 15.0 Å². The molecule has 5 nitrogen and oxygen atoms in total. The number of aromatic nitrogens is 1. The first-order valence-electron chi connectivity index (χ1n) is 10.8. The van der Waals surface area contributed by atoms with Gasteiger partial charge in [0.05, 0.1) is 12.1 Å². The van der Waals surface area contributed by atoms with Gasteiger partial charge in [-0.25, -0.2) is 0 Å². The van der Waals surface area contributed by atoms with Gasteiger partial charge >= 0.3 is 0 Å². The molecule has 0 bridgehead atoms. The van der Waals surface area contributed by atoms with Crippen molar-refractivity contribution < 1.29 is 14.7 Å². The molecule has 2 N–H and O–H groups in total. The normalized spacial score (nSPS) is 17.7. The summed E-state index contributed by atoms with van der Waals surface area (Å²) in [6, 6.07) is 22.5. The zero-order chi connectivity index (χ0) is 22.3. The summed E-state index contributed by atoms with van der Waals surface area (Å²) in [7, 11) is 0. The average molecular weight is 425 g/mol. The third-order valence-corrected chi connectivity index (χ3v) is 6.28. The number of hydrogen-bond acceptors (Lipinski definition) is 3. The zero-order valence-corrected chi connectivity index (χ0v) is 17.8. The van der Waals surface area contributed by atoms with E-state index in [1.165, 1.54) is 0 Å². The fourth-order valence-electron chi connectivity index (χ4n) is 4.62. The van der Waals surface area contributed by atoms with Gasteiger partial charge in [-0.1, -0.05) is 60.2 Å². The molecule has 3 aromatic carbocycles. The number of aliphatic hydroxyl groups is 1. The lowest BCUT2D eigenvalue weighted by molar-refractivity contribution is -0.135. The molecule has 1 atom stereocenters. The first-order chi connectivity index (χ1) is 15.5. The van der Waals surface area contributed by atoms with Crippen LogP contribution in [0.2, 0.25) is 0 Å². The summed E-state index contributed by atoms with van der Waals surface area (Å²) in [5.41, 5.74) is 2.91. The lowest BCUT2D eigenvalue weighted by Gasteiger charge is -2.23. The number of nitrogens with zero attached hydrogens (tertiary/aromatic N) is 1. The Kier molecular flexibility index (Phi) is 4.91. The molecule has 0 unspecified atom stereocenters. The second-order valence-electron chi connectivity index (χ2n) is 8.41. The Morgan fingerprint density at radius 3 is 2.66 bits per heavy atom. The molecule has 4 aromatic rings. The molecule has 2 heterocycles. The maximum absolute atomic E-state index is 13.5. The standard InChI is InChI=1S/C27H24N2O3/c1-18-7-6-8-19(15-18)25(30)16-27(32)22-10-3-5-12-24(22)29(26(27)31)14-13-20-17-28-23-11-4-2-9-21(20)23/h2-12,15,17,28,32H,13-14,16H2,1H3/t27-/m1/s1. The van der Waals surface area contributed by atoms with E-state index in [-0.39, 0.29) is 12.2 Å². The van der Waals surface area contributed by atoms with Gasteiger partial charge in [-0.05, 0) is 37.1 Å². The van der Waals surface area contributed by atoms with Crippen molar-refractivity contribution in [2.45, 2.75) is 25.4 Å². The van der Waals surface area contributed by atoms with Gasteiger partial charge in [0, 0.05) is 34.8 Å². The molecule has 1 aliphatic rings. The van der Waals surface area contributed by atoms with Gasteiger partial charge in [-0.15, -0.1) is 0 Å². The topological polar surface area (TPSA) is 73.4 Å². The highest BCUT2D eigenvalue weighted by atomic mass is 16.3. The second kappa shape index (κ2) is 7.77. The molecule has 5 rings (SSSR count). The molecule has 0 spiro atoms. The predicted molar refractivity (Wildman–Crippen MR) is 125 cm³/mol. The lowest BCUT2D eigenvalue weighted by atomic mass is 9.88. The Morgan fingerprint density at radius 1 is 1.03 bits per heavy atom. The summed E-state index contributed by atoms with van der Waals surface area (Å²) in [6.07, 6.45) is 2.31. The first-order valence-corrected chi connectivity index (χ1v) is 10.8. The average Bonchev–Trinajstić information content (AvgIpc) is 3.30. The van der Waals surface area contributed by atoms with E-state index in [9.17, 15) is 14.7 Å². The van der Waals surface area contributed by atoms with Crippen molar-refractivity contribution in [2.24, 2.45) is 0 Å². The fourth-order valence-corrected chi connectivity index (χ4v) is 4.62. The number of carbonyl (C=O) groups is 2. The number of aromatic amines is 1. The van der Waals surface area contributed by atoms with Gasteiger partial charge in [0.1, 0.15) is 0 Å². The van der Waals surface area contributed by atoms with Gasteiger partial charge in [-0.3, -0.25) is 9.59 Å². The number of rotatable bonds is 6. The van der Waals surface area contributed by atoms with Gasteiger partial charge in [-0.2, -0.15) is 0 Å². The van der Waals surface area contributed by atoms with Crippen molar-refractivity contribution in [1.29, 1.82) is 0 Å². The molecule has 1 aliphatic heterocycles. The molecule has 0 aliphatic carbocycles. The quantitative estimate of drug-likeness (QED) is 0.447. The summed E-state index contributed by atoms with van der Waals surface area (Å²) >= 11 is 0. The lowest BCUT2D eigenvalue weighted by Crippen LogP contribution is -2.42. The number of H-pyrrole nitrogens is 1. The Labute approximate surface area is 186 Å². The molecule has 0 saturated carbocycles. The van der Waals surface area contributed by atoms with Crippen LogP contribution in [0, 0.1) is 6.92 Å². The minimum absolute atomic E-state index is 0.252. The number of para-hydroxylation sites is 2. The number of amides is 1. The number of ketones is 1. The molecule has 32 heavy (non-hydrogen) atoms. The fraction of sp³-hybridized carbons (Fsp3) is 0.185. The SMILES string of the molecule is Cc1cccc(C(=O)C[C@]2(O)C(=O)N(CCc3c[nH]c4ccccc34)c3ccccc32)c1. The molecule has 1 amide bonds. The first kappa shape index (κ1) is 20.2. The largest absolute Gasteiger partial charge is 0.375 e. The van der Waals surface area contributed by atoms with Crippen molar-refractivity contribution in [3.63, 3.8) is 0 Å². The summed E-state index contributed by atoms with van der Waals surface area (Å²) in [5.74, 6) is -0.697. The molecule has 1 aromatic heterocycles. The highest BCUT2D eigenvalue weighted by Gasteiger charge is 2.50. The minimum atomic E-state index is -1.86. The summed E-state index contributed by atoms with van der Waals surface area (Å²) in [5, 5.41) is 12.6. The Balaban J connectivity index is 1.43. The third kappa shape index (κ3) is 3.31. The molecule has 0 radical (unpaired) electrons. The van der Waals surface area contributed by atoms with Crippen LogP contribution in [0.1, 0.15) is 33.5 Å². The van der Waals surface area contributed by atoms with Crippen molar-refractivity contribution >= 4 is 28.3 Å². The molecular weight excluding hydrogens is 400 g/mol. The van der Waals surface area contributed by atoms with E-state index in [0.29, 0.717) is 29.8 Å². The van der Waals surface area contributed by atoms with Gasteiger partial charge in [0.2, 0.25) is 0 Å². The number of aryl methyl sites for hydroxylation is 1. The van der Waals surface area contributed by atoms with Crippen LogP contribution in [0.3, 0.4) is 0 Å². The maximum atomic E-state index is 13.5. The van der Waals surface area contributed by atoms with Crippen molar-refractivity contribution in [3.05, 3.63) is 101 Å². The van der Waals surface area contributed by atoms with Crippen LogP contribution < -0.4 is 4.90 Å². The highest BCUT2D eigenvalue weighted by Crippen LogP contribution is 2.43. The maximum Gasteiger partial charge on any atom is 0.264 e. The number of benzene rings is 3. The minimum Gasteiger partial charge on any atom is -0.375 e. The monoisotopic (exact) mass is 424 g/mol. The highest BCUT2D eigenvalue weighted by molar-refractivity contribution is 6.10. The number of fused-ring (bicyclic) bond motifs is 2. The van der Waals surface area contributed by atoms with E-state index < -0.39 is 11.5 Å². The Hall–Kier alpha value is -3.70. The third-order valence-electron chi connectivity index (χ3n) is 6.28. The van der Waals surface area contributed by atoms with E-state index in [2.05, 4.69) is 11.1 Å². The molecule has 5 heteroatoms. The van der Waals surface area contributed by atoms with Crippen LogP contribution in [0.5, 0.6) is 0 Å². The summed E-state index contributed by atoms with van der Waals surface area (Å²) < 4.78 is 0. The predicted octanol–water partition coefficient (Wildman–Crippen LogP) is 4.53. The number of Topliss-reactive ketones (excluding diaryl/α,β-unsaturated/α-hetero) is 1. The van der Waals surface area contributed by atoms with Crippen LogP contribution >= 0.6 is 0 Å². The van der Waals surface area contributed by atoms with Crippen molar-refractivity contribution in [3.8, 4) is 0 Å². The van der Waals surface area contributed by atoms with E-state index >= 15 is 0 Å². The molecular formula is C27H24N2O3. The van der Waals surface area contributed by atoms with Crippen LogP contribution in [-0.2, 0) is 16.8 Å². The summed E-state index contributed by atoms with van der Waals surface area (Å²) in [6.45, 7) is 2.33. The van der Waals surface area contributed by atoms with Crippen molar-refractivity contribution in [1.82, 2.24) is 4.98 Å². The van der Waals surface area contributed by atoms with Crippen LogP contribution in [0.15, 0.2) is 79.0 Å². The van der Waals surface area contributed by atoms with Gasteiger partial charge in [0.15, 0.2) is 11.4 Å². The van der Waals surface area contributed by atoms with Crippen LogP contribution in [-0.4, -0.2) is 28.3 Å². The smallest absolute Gasteiger partial charge is 0.264 e. The number of nitrogens with one attached hydrogen (secondary N) is 1. The van der Waals surface area contributed by atoms with E-state index in [1.807, 2.05) is 55.6 Å². The van der Waals surface area contributed by atoms with E-state index in [1.54, 1.807) is 29.2 Å². The Bertz CT molecular complexity index is 1340. The second-order valence-corrected chi connectivity index (χ2v) is 8.41. The number of anilines is 1. The van der Waals surface area contributed by atoms with E-state index in [0.717, 1.165) is 22.0 Å². The van der Waals surface area contributed by atoms with Gasteiger partial charge in [0.25, 0.3) is 5.91 Å². The molecule has 0 saturated heterocycles. The van der Waals surface area contributed by atoms with Crippen LogP contribution in [0.25, 0.3) is 10.9 Å². The van der Waals surface area contributed by atoms with E-state index in [4.69, 9.17) is 0 Å².